The summed E-state index contributed by atoms with van der Waals surface area (Å²) in [7, 11) is 0. The Balaban J connectivity index is 2.30. The molecule has 0 aliphatic heterocycles. The molecular weight excluding hydrogens is 239 g/mol. The number of rotatable bonds is 2. The van der Waals surface area contributed by atoms with Crippen LogP contribution < -0.4 is 5.73 Å². The monoisotopic (exact) mass is 257 g/mol. The Morgan fingerprint density at radius 1 is 1.06 bits per heavy atom. The third-order valence-corrected chi connectivity index (χ3v) is 3.73. The molecular formula is C14H18F3N. The highest BCUT2D eigenvalue weighted by molar-refractivity contribution is 5.34. The van der Waals surface area contributed by atoms with E-state index in [1.807, 2.05) is 0 Å². The lowest BCUT2D eigenvalue weighted by Gasteiger charge is -2.27. The minimum atomic E-state index is -4.37. The first-order valence-electron chi connectivity index (χ1n) is 6.41. The fourth-order valence-electron chi connectivity index (χ4n) is 2.76. The second-order valence-electron chi connectivity index (χ2n) is 4.98. The summed E-state index contributed by atoms with van der Waals surface area (Å²) >= 11 is 0. The van der Waals surface area contributed by atoms with Crippen molar-refractivity contribution in [2.75, 3.05) is 0 Å². The summed E-state index contributed by atoms with van der Waals surface area (Å²) in [4.78, 5) is 0. The van der Waals surface area contributed by atoms with Crippen LogP contribution in [0.2, 0.25) is 0 Å². The van der Waals surface area contributed by atoms with E-state index in [-0.39, 0.29) is 11.5 Å². The molecule has 100 valence electrons. The SMILES string of the molecule is N[C@H](c1ccccc1C1CCCCC1)C(F)(F)F. The van der Waals surface area contributed by atoms with Crippen molar-refractivity contribution in [3.63, 3.8) is 0 Å². The lowest BCUT2D eigenvalue weighted by atomic mass is 9.81. The molecule has 0 amide bonds. The molecule has 4 heteroatoms. The van der Waals surface area contributed by atoms with Gasteiger partial charge in [0.25, 0.3) is 0 Å². The van der Waals surface area contributed by atoms with E-state index in [0.717, 1.165) is 31.2 Å². The van der Waals surface area contributed by atoms with Gasteiger partial charge in [0.2, 0.25) is 0 Å². The molecule has 1 nitrogen and oxygen atoms in total. The Morgan fingerprint density at radius 2 is 1.67 bits per heavy atom. The van der Waals surface area contributed by atoms with Gasteiger partial charge in [-0.05, 0) is 29.9 Å². The van der Waals surface area contributed by atoms with Gasteiger partial charge in [-0.1, -0.05) is 43.5 Å². The molecule has 1 atom stereocenters. The minimum Gasteiger partial charge on any atom is -0.316 e. The third kappa shape index (κ3) is 2.86. The summed E-state index contributed by atoms with van der Waals surface area (Å²) in [6, 6.07) is 4.89. The predicted molar refractivity (Wildman–Crippen MR) is 65.3 cm³/mol. The molecule has 1 aromatic carbocycles. The first-order chi connectivity index (χ1) is 8.50. The van der Waals surface area contributed by atoms with E-state index in [9.17, 15) is 13.2 Å². The third-order valence-electron chi connectivity index (χ3n) is 3.73. The molecule has 1 fully saturated rings. The van der Waals surface area contributed by atoms with Crippen LogP contribution in [0.15, 0.2) is 24.3 Å². The van der Waals surface area contributed by atoms with Crippen LogP contribution in [0, 0.1) is 0 Å². The molecule has 2 N–H and O–H groups in total. The van der Waals surface area contributed by atoms with Crippen LogP contribution in [-0.4, -0.2) is 6.18 Å². The van der Waals surface area contributed by atoms with Crippen LogP contribution >= 0.6 is 0 Å². The number of alkyl halides is 3. The van der Waals surface area contributed by atoms with Gasteiger partial charge in [-0.15, -0.1) is 0 Å². The summed E-state index contributed by atoms with van der Waals surface area (Å²) in [5.41, 5.74) is 6.40. The lowest BCUT2D eigenvalue weighted by Crippen LogP contribution is -2.30. The molecule has 0 bridgehead atoms. The number of hydrogen-bond donors (Lipinski definition) is 1. The van der Waals surface area contributed by atoms with Gasteiger partial charge in [0.05, 0.1) is 0 Å². The highest BCUT2D eigenvalue weighted by Gasteiger charge is 2.39. The summed E-state index contributed by atoms with van der Waals surface area (Å²) in [5.74, 6) is 0.239. The van der Waals surface area contributed by atoms with E-state index in [1.54, 1.807) is 18.2 Å². The van der Waals surface area contributed by atoms with E-state index in [2.05, 4.69) is 0 Å². The van der Waals surface area contributed by atoms with Crippen LogP contribution in [0.5, 0.6) is 0 Å². The van der Waals surface area contributed by atoms with E-state index < -0.39 is 12.2 Å². The molecule has 1 aliphatic carbocycles. The van der Waals surface area contributed by atoms with Gasteiger partial charge in [0.1, 0.15) is 6.04 Å². The van der Waals surface area contributed by atoms with Crippen LogP contribution in [-0.2, 0) is 0 Å². The molecule has 1 aromatic rings. The summed E-state index contributed by atoms with van der Waals surface area (Å²) in [6.45, 7) is 0. The van der Waals surface area contributed by atoms with Crippen molar-refractivity contribution in [3.8, 4) is 0 Å². The summed E-state index contributed by atoms with van der Waals surface area (Å²) in [6.07, 6.45) is 0.957. The predicted octanol–water partition coefficient (Wildman–Crippen LogP) is 4.30. The summed E-state index contributed by atoms with van der Waals surface area (Å²) in [5, 5.41) is 0. The number of benzene rings is 1. The van der Waals surface area contributed by atoms with E-state index in [4.69, 9.17) is 5.73 Å². The topological polar surface area (TPSA) is 26.0 Å². The van der Waals surface area contributed by atoms with Crippen molar-refractivity contribution < 1.29 is 13.2 Å². The molecule has 1 saturated carbocycles. The fraction of sp³-hybridized carbons (Fsp3) is 0.571. The van der Waals surface area contributed by atoms with Crippen LogP contribution in [0.1, 0.15) is 55.2 Å². The second kappa shape index (κ2) is 5.31. The van der Waals surface area contributed by atoms with Gasteiger partial charge in [0.15, 0.2) is 0 Å². The number of hydrogen-bond acceptors (Lipinski definition) is 1. The van der Waals surface area contributed by atoms with Gasteiger partial charge < -0.3 is 5.73 Å². The van der Waals surface area contributed by atoms with Crippen LogP contribution in [0.4, 0.5) is 13.2 Å². The molecule has 0 unspecified atom stereocenters. The van der Waals surface area contributed by atoms with E-state index in [1.165, 1.54) is 12.5 Å². The Bertz CT molecular complexity index is 394. The van der Waals surface area contributed by atoms with Crippen LogP contribution in [0.25, 0.3) is 0 Å². The van der Waals surface area contributed by atoms with Gasteiger partial charge in [0, 0.05) is 0 Å². The number of halogens is 3. The maximum absolute atomic E-state index is 12.8. The zero-order chi connectivity index (χ0) is 13.2. The van der Waals surface area contributed by atoms with Gasteiger partial charge in [-0.3, -0.25) is 0 Å². The number of nitrogens with two attached hydrogens (primary N) is 1. The molecule has 18 heavy (non-hydrogen) atoms. The zero-order valence-corrected chi connectivity index (χ0v) is 10.2. The maximum Gasteiger partial charge on any atom is 0.407 e. The van der Waals surface area contributed by atoms with Crippen molar-refractivity contribution in [2.45, 2.75) is 50.2 Å². The zero-order valence-electron chi connectivity index (χ0n) is 10.2. The quantitative estimate of drug-likeness (QED) is 0.840. The Hall–Kier alpha value is -1.03. The molecule has 2 rings (SSSR count). The molecule has 0 radical (unpaired) electrons. The molecule has 0 spiro atoms. The van der Waals surface area contributed by atoms with Crippen molar-refractivity contribution in [1.29, 1.82) is 0 Å². The van der Waals surface area contributed by atoms with Gasteiger partial charge in [-0.25, -0.2) is 0 Å². The van der Waals surface area contributed by atoms with Crippen molar-refractivity contribution in [2.24, 2.45) is 5.73 Å². The molecule has 0 saturated heterocycles. The van der Waals surface area contributed by atoms with Crippen molar-refractivity contribution in [1.82, 2.24) is 0 Å². The largest absolute Gasteiger partial charge is 0.407 e. The first kappa shape index (κ1) is 13.4. The minimum absolute atomic E-state index is 0.239. The molecule has 1 aliphatic rings. The van der Waals surface area contributed by atoms with Gasteiger partial charge in [-0.2, -0.15) is 13.2 Å². The molecule has 0 heterocycles. The Labute approximate surface area is 105 Å². The smallest absolute Gasteiger partial charge is 0.316 e. The maximum atomic E-state index is 12.8. The normalized spacial score (nSPS) is 19.8. The first-order valence-corrected chi connectivity index (χ1v) is 6.41. The van der Waals surface area contributed by atoms with Gasteiger partial charge >= 0.3 is 6.18 Å². The standard InChI is InChI=1S/C14H18F3N/c15-14(16,17)13(18)12-9-5-4-8-11(12)10-6-2-1-3-7-10/h4-5,8-10,13H,1-3,6-7,18H2/t13-/m1/s1. The lowest BCUT2D eigenvalue weighted by molar-refractivity contribution is -0.149. The Morgan fingerprint density at radius 3 is 2.28 bits per heavy atom. The van der Waals surface area contributed by atoms with Crippen LogP contribution in [0.3, 0.4) is 0 Å². The van der Waals surface area contributed by atoms with E-state index in [0.29, 0.717) is 0 Å². The van der Waals surface area contributed by atoms with E-state index >= 15 is 0 Å². The average Bonchev–Trinajstić information content (AvgIpc) is 2.38. The van der Waals surface area contributed by atoms with Crippen molar-refractivity contribution >= 4 is 0 Å². The Kier molecular flexibility index (Phi) is 3.95. The van der Waals surface area contributed by atoms with Crippen molar-refractivity contribution in [3.05, 3.63) is 35.4 Å². The molecule has 0 aromatic heterocycles. The second-order valence-corrected chi connectivity index (χ2v) is 4.98. The average molecular weight is 257 g/mol. The highest BCUT2D eigenvalue weighted by atomic mass is 19.4. The highest BCUT2D eigenvalue weighted by Crippen LogP contribution is 2.39. The fourth-order valence-corrected chi connectivity index (χ4v) is 2.76. The summed E-state index contributed by atoms with van der Waals surface area (Å²) < 4.78 is 38.3.